The number of likely N-dealkylation sites (tertiary alicyclic amines) is 1. The van der Waals surface area contributed by atoms with Gasteiger partial charge in [-0.3, -0.25) is 4.79 Å². The summed E-state index contributed by atoms with van der Waals surface area (Å²) in [6, 6.07) is 0. The molecule has 0 aliphatic carbocycles. The molecule has 64 valence electrons. The second kappa shape index (κ2) is 4.65. The van der Waals surface area contributed by atoms with Crippen molar-refractivity contribution in [1.82, 2.24) is 4.90 Å². The lowest BCUT2D eigenvalue weighted by molar-refractivity contribution is 0.211. The standard InChI is InChI=1S/C8H15NOS/c1-2-11-8(10)9-6-4-3-5-7-9/h2-7H2,1H3. The van der Waals surface area contributed by atoms with Gasteiger partial charge in [-0.05, 0) is 25.0 Å². The summed E-state index contributed by atoms with van der Waals surface area (Å²) in [5, 5.41) is 0.271. The Bertz CT molecular complexity index is 132. The number of nitrogens with zero attached hydrogens (tertiary/aromatic N) is 1. The van der Waals surface area contributed by atoms with Gasteiger partial charge in [-0.15, -0.1) is 0 Å². The van der Waals surface area contributed by atoms with Gasteiger partial charge in [-0.2, -0.15) is 0 Å². The van der Waals surface area contributed by atoms with E-state index in [9.17, 15) is 4.79 Å². The normalized spacial score (nSPS) is 18.5. The number of thioether (sulfide) groups is 1. The van der Waals surface area contributed by atoms with Crippen molar-refractivity contribution in [3.05, 3.63) is 0 Å². The van der Waals surface area contributed by atoms with E-state index >= 15 is 0 Å². The maximum Gasteiger partial charge on any atom is 0.281 e. The fourth-order valence-corrected chi connectivity index (χ4v) is 1.90. The number of amides is 1. The monoisotopic (exact) mass is 173 g/mol. The molecular weight excluding hydrogens is 158 g/mol. The van der Waals surface area contributed by atoms with Gasteiger partial charge >= 0.3 is 0 Å². The van der Waals surface area contributed by atoms with Gasteiger partial charge in [0.25, 0.3) is 5.24 Å². The second-order valence-corrected chi connectivity index (χ2v) is 3.96. The molecule has 1 amide bonds. The number of hydrogen-bond donors (Lipinski definition) is 0. The number of piperidine rings is 1. The fraction of sp³-hybridized carbons (Fsp3) is 0.875. The first kappa shape index (κ1) is 8.91. The molecule has 1 heterocycles. The molecule has 0 saturated carbocycles. The lowest BCUT2D eigenvalue weighted by Crippen LogP contribution is -2.32. The molecule has 0 N–H and O–H groups in total. The van der Waals surface area contributed by atoms with E-state index in [1.54, 1.807) is 0 Å². The Labute approximate surface area is 72.3 Å². The molecule has 2 nitrogen and oxygen atoms in total. The van der Waals surface area contributed by atoms with E-state index in [1.165, 1.54) is 31.0 Å². The van der Waals surface area contributed by atoms with E-state index in [2.05, 4.69) is 0 Å². The van der Waals surface area contributed by atoms with Crippen LogP contribution in [0.4, 0.5) is 4.79 Å². The molecule has 0 radical (unpaired) electrons. The minimum atomic E-state index is 0.271. The van der Waals surface area contributed by atoms with E-state index in [1.807, 2.05) is 11.8 Å². The van der Waals surface area contributed by atoms with Gasteiger partial charge in [0, 0.05) is 13.1 Å². The molecule has 0 spiro atoms. The van der Waals surface area contributed by atoms with Crippen LogP contribution in [-0.2, 0) is 0 Å². The van der Waals surface area contributed by atoms with E-state index in [4.69, 9.17) is 0 Å². The van der Waals surface area contributed by atoms with Crippen LogP contribution in [0.1, 0.15) is 26.2 Å². The van der Waals surface area contributed by atoms with Crippen molar-refractivity contribution in [3.63, 3.8) is 0 Å². The molecule has 0 bridgehead atoms. The highest BCUT2D eigenvalue weighted by Crippen LogP contribution is 2.14. The van der Waals surface area contributed by atoms with E-state index < -0.39 is 0 Å². The van der Waals surface area contributed by atoms with Crippen molar-refractivity contribution >= 4 is 17.0 Å². The van der Waals surface area contributed by atoms with Crippen molar-refractivity contribution < 1.29 is 4.79 Å². The number of rotatable bonds is 1. The molecule has 0 aromatic carbocycles. The van der Waals surface area contributed by atoms with Gasteiger partial charge in [0.15, 0.2) is 0 Å². The van der Waals surface area contributed by atoms with Crippen LogP contribution in [0.15, 0.2) is 0 Å². The largest absolute Gasteiger partial charge is 0.334 e. The molecule has 0 aromatic rings. The highest BCUT2D eigenvalue weighted by Gasteiger charge is 2.15. The van der Waals surface area contributed by atoms with Crippen LogP contribution in [-0.4, -0.2) is 29.0 Å². The summed E-state index contributed by atoms with van der Waals surface area (Å²) in [4.78, 5) is 13.3. The molecule has 3 heteroatoms. The minimum Gasteiger partial charge on any atom is -0.334 e. The van der Waals surface area contributed by atoms with Gasteiger partial charge in [0.2, 0.25) is 0 Å². The van der Waals surface area contributed by atoms with Crippen LogP contribution in [0, 0.1) is 0 Å². The van der Waals surface area contributed by atoms with Crippen LogP contribution < -0.4 is 0 Å². The molecule has 11 heavy (non-hydrogen) atoms. The van der Waals surface area contributed by atoms with E-state index in [-0.39, 0.29) is 5.24 Å². The topological polar surface area (TPSA) is 20.3 Å². The van der Waals surface area contributed by atoms with E-state index in [0.29, 0.717) is 0 Å². The zero-order valence-electron chi connectivity index (χ0n) is 7.01. The maximum atomic E-state index is 11.3. The quantitative estimate of drug-likeness (QED) is 0.606. The van der Waals surface area contributed by atoms with Crippen molar-refractivity contribution in [3.8, 4) is 0 Å². The van der Waals surface area contributed by atoms with Gasteiger partial charge in [-0.25, -0.2) is 0 Å². The molecule has 0 atom stereocenters. The molecule has 1 fully saturated rings. The highest BCUT2D eigenvalue weighted by atomic mass is 32.2. The summed E-state index contributed by atoms with van der Waals surface area (Å²) < 4.78 is 0. The summed E-state index contributed by atoms with van der Waals surface area (Å²) in [5.41, 5.74) is 0. The summed E-state index contributed by atoms with van der Waals surface area (Å²) in [6.45, 7) is 3.98. The fourth-order valence-electron chi connectivity index (χ4n) is 1.29. The summed E-state index contributed by atoms with van der Waals surface area (Å²) in [6.07, 6.45) is 3.67. The van der Waals surface area contributed by atoms with Crippen LogP contribution in [0.3, 0.4) is 0 Å². The average Bonchev–Trinajstić information content (AvgIpc) is 2.07. The molecule has 1 aliphatic heterocycles. The van der Waals surface area contributed by atoms with Crippen LogP contribution in [0.25, 0.3) is 0 Å². The minimum absolute atomic E-state index is 0.271. The van der Waals surface area contributed by atoms with Crippen molar-refractivity contribution in [1.29, 1.82) is 0 Å². The highest BCUT2D eigenvalue weighted by molar-refractivity contribution is 8.13. The maximum absolute atomic E-state index is 11.3. The van der Waals surface area contributed by atoms with Crippen LogP contribution >= 0.6 is 11.8 Å². The predicted octanol–water partition coefficient (Wildman–Crippen LogP) is 2.35. The van der Waals surface area contributed by atoms with Gasteiger partial charge < -0.3 is 4.90 Å². The molecule has 0 aromatic heterocycles. The zero-order valence-corrected chi connectivity index (χ0v) is 7.82. The second-order valence-electron chi connectivity index (χ2n) is 2.75. The summed E-state index contributed by atoms with van der Waals surface area (Å²) in [7, 11) is 0. The van der Waals surface area contributed by atoms with Crippen molar-refractivity contribution in [2.45, 2.75) is 26.2 Å². The number of hydrogen-bond acceptors (Lipinski definition) is 2. The van der Waals surface area contributed by atoms with Gasteiger partial charge in [0.05, 0.1) is 0 Å². The Balaban J connectivity index is 2.27. The molecule has 1 aliphatic rings. The Morgan fingerprint density at radius 1 is 1.36 bits per heavy atom. The average molecular weight is 173 g/mol. The Kier molecular flexibility index (Phi) is 3.77. The first-order valence-electron chi connectivity index (χ1n) is 4.26. The summed E-state index contributed by atoms with van der Waals surface area (Å²) in [5.74, 6) is 0.898. The van der Waals surface area contributed by atoms with Crippen molar-refractivity contribution in [2.75, 3.05) is 18.8 Å². The van der Waals surface area contributed by atoms with Crippen LogP contribution in [0.5, 0.6) is 0 Å². The Morgan fingerprint density at radius 3 is 2.55 bits per heavy atom. The third kappa shape index (κ3) is 2.73. The Hall–Kier alpha value is -0.180. The van der Waals surface area contributed by atoms with Gasteiger partial charge in [-0.1, -0.05) is 18.7 Å². The van der Waals surface area contributed by atoms with Gasteiger partial charge in [0.1, 0.15) is 0 Å². The Morgan fingerprint density at radius 2 is 2.00 bits per heavy atom. The first-order chi connectivity index (χ1) is 5.34. The third-order valence-corrected chi connectivity index (χ3v) is 2.68. The predicted molar refractivity (Wildman–Crippen MR) is 49.0 cm³/mol. The lowest BCUT2D eigenvalue weighted by atomic mass is 10.1. The molecule has 1 rings (SSSR count). The van der Waals surface area contributed by atoms with E-state index in [0.717, 1.165) is 18.8 Å². The smallest absolute Gasteiger partial charge is 0.281 e. The molecule has 0 unspecified atom stereocenters. The number of carbonyl (C=O) groups excluding carboxylic acids is 1. The number of carbonyl (C=O) groups is 1. The SMILES string of the molecule is CCSC(=O)N1CCCCC1. The van der Waals surface area contributed by atoms with Crippen molar-refractivity contribution in [2.24, 2.45) is 0 Å². The van der Waals surface area contributed by atoms with Crippen LogP contribution in [0.2, 0.25) is 0 Å². The third-order valence-electron chi connectivity index (χ3n) is 1.88. The first-order valence-corrected chi connectivity index (χ1v) is 5.25. The summed E-state index contributed by atoms with van der Waals surface area (Å²) >= 11 is 1.42. The lowest BCUT2D eigenvalue weighted by Gasteiger charge is -2.25. The zero-order chi connectivity index (χ0) is 8.10. The molecular formula is C8H15NOS. The molecule has 1 saturated heterocycles.